The van der Waals surface area contributed by atoms with Gasteiger partial charge in [-0.1, -0.05) is 25.4 Å². The molecule has 1 N–H and O–H groups in total. The van der Waals surface area contributed by atoms with Gasteiger partial charge in [0.2, 0.25) is 10.0 Å². The van der Waals surface area contributed by atoms with E-state index in [0.29, 0.717) is 29.7 Å². The second-order valence-electron chi connectivity index (χ2n) is 8.01. The molecule has 2 aromatic carbocycles. The number of morpholine rings is 1. The van der Waals surface area contributed by atoms with Gasteiger partial charge < -0.3 is 19.5 Å². The smallest absolute Gasteiger partial charge is 0.262 e. The number of halogens is 1. The maximum atomic E-state index is 13.0. The van der Waals surface area contributed by atoms with E-state index in [0.717, 1.165) is 11.1 Å². The summed E-state index contributed by atoms with van der Waals surface area (Å²) in [6.07, 6.45) is 0. The van der Waals surface area contributed by atoms with Crippen LogP contribution in [0.25, 0.3) is 0 Å². The van der Waals surface area contributed by atoms with Crippen molar-refractivity contribution >= 4 is 33.2 Å². The number of nitrogens with zero attached hydrogens (tertiary/aromatic N) is 1. The molecule has 1 aliphatic rings. The Morgan fingerprint density at radius 2 is 1.88 bits per heavy atom. The van der Waals surface area contributed by atoms with Crippen LogP contribution in [-0.4, -0.2) is 58.7 Å². The normalized spacial score (nSPS) is 14.8. The van der Waals surface area contributed by atoms with Crippen molar-refractivity contribution in [1.82, 2.24) is 4.31 Å². The summed E-state index contributed by atoms with van der Waals surface area (Å²) < 4.78 is 43.6. The minimum atomic E-state index is -3.72. The van der Waals surface area contributed by atoms with Crippen LogP contribution in [0.15, 0.2) is 35.2 Å². The predicted molar refractivity (Wildman–Crippen MR) is 127 cm³/mol. The first kappa shape index (κ1) is 25.3. The van der Waals surface area contributed by atoms with Crippen LogP contribution >= 0.6 is 11.6 Å². The summed E-state index contributed by atoms with van der Waals surface area (Å²) in [6.45, 7) is 6.89. The molecule has 0 unspecified atom stereocenters. The van der Waals surface area contributed by atoms with Crippen molar-refractivity contribution in [2.24, 2.45) is 0 Å². The average Bonchev–Trinajstić information content (AvgIpc) is 2.80. The summed E-state index contributed by atoms with van der Waals surface area (Å²) in [4.78, 5) is 12.7. The molecule has 0 aliphatic carbocycles. The Labute approximate surface area is 199 Å². The minimum absolute atomic E-state index is 0.0665. The topological polar surface area (TPSA) is 94.2 Å². The van der Waals surface area contributed by atoms with E-state index < -0.39 is 15.9 Å². The molecule has 1 aliphatic heterocycles. The van der Waals surface area contributed by atoms with E-state index in [-0.39, 0.29) is 36.2 Å². The maximum Gasteiger partial charge on any atom is 0.262 e. The van der Waals surface area contributed by atoms with E-state index in [4.69, 9.17) is 25.8 Å². The van der Waals surface area contributed by atoms with Gasteiger partial charge in [-0.3, -0.25) is 4.79 Å². The van der Waals surface area contributed by atoms with Gasteiger partial charge in [0.25, 0.3) is 5.91 Å². The van der Waals surface area contributed by atoms with E-state index in [1.54, 1.807) is 6.07 Å². The zero-order valence-electron chi connectivity index (χ0n) is 19.2. The highest BCUT2D eigenvalue weighted by atomic mass is 35.5. The number of hydrogen-bond acceptors (Lipinski definition) is 6. The number of nitrogens with one attached hydrogen (secondary N) is 1. The first-order chi connectivity index (χ1) is 15.6. The fourth-order valence-electron chi connectivity index (χ4n) is 3.46. The standard InChI is InChI=1S/C23H29ClN2O6S/c1-15(2)18-13-19(24)16(3)11-22(18)32-14-23(27)25-20-12-17(5-6-21(20)30-4)33(28,29)26-7-9-31-10-8-26/h5-6,11-13,15H,7-10,14H2,1-4H3,(H,25,27). The van der Waals surface area contributed by atoms with E-state index in [2.05, 4.69) is 5.32 Å². The van der Waals surface area contributed by atoms with Crippen LogP contribution < -0.4 is 14.8 Å². The summed E-state index contributed by atoms with van der Waals surface area (Å²) in [5, 5.41) is 3.34. The van der Waals surface area contributed by atoms with Gasteiger partial charge in [-0.05, 0) is 54.3 Å². The number of aryl methyl sites for hydroxylation is 1. The summed E-state index contributed by atoms with van der Waals surface area (Å²) in [7, 11) is -2.27. The van der Waals surface area contributed by atoms with Crippen LogP contribution in [0.1, 0.15) is 30.9 Å². The lowest BCUT2D eigenvalue weighted by atomic mass is 10.0. The first-order valence-electron chi connectivity index (χ1n) is 10.6. The number of carbonyl (C=O) groups excluding carboxylic acids is 1. The molecule has 0 bridgehead atoms. The van der Waals surface area contributed by atoms with Crippen LogP contribution in [-0.2, 0) is 19.6 Å². The lowest BCUT2D eigenvalue weighted by Crippen LogP contribution is -2.40. The number of methoxy groups -OCH3 is 1. The molecule has 1 saturated heterocycles. The van der Waals surface area contributed by atoms with Crippen molar-refractivity contribution in [2.45, 2.75) is 31.6 Å². The molecular weight excluding hydrogens is 468 g/mol. The minimum Gasteiger partial charge on any atom is -0.495 e. The molecule has 0 radical (unpaired) electrons. The molecule has 0 spiro atoms. The Morgan fingerprint density at radius 3 is 2.52 bits per heavy atom. The number of rotatable bonds is 8. The van der Waals surface area contributed by atoms with Gasteiger partial charge in [-0.25, -0.2) is 8.42 Å². The Morgan fingerprint density at radius 1 is 1.18 bits per heavy atom. The Balaban J connectivity index is 1.77. The second-order valence-corrected chi connectivity index (χ2v) is 10.4. The summed E-state index contributed by atoms with van der Waals surface area (Å²) in [6, 6.07) is 8.02. The van der Waals surface area contributed by atoms with Crippen LogP contribution in [0.3, 0.4) is 0 Å². The average molecular weight is 497 g/mol. The van der Waals surface area contributed by atoms with E-state index >= 15 is 0 Å². The molecule has 3 rings (SSSR count). The van der Waals surface area contributed by atoms with Gasteiger partial charge in [0.15, 0.2) is 6.61 Å². The highest BCUT2D eigenvalue weighted by Crippen LogP contribution is 2.32. The van der Waals surface area contributed by atoms with E-state index in [1.807, 2.05) is 26.8 Å². The quantitative estimate of drug-likeness (QED) is 0.597. The SMILES string of the molecule is COc1ccc(S(=O)(=O)N2CCOCC2)cc1NC(=O)COc1cc(C)c(Cl)cc1C(C)C. The molecule has 0 aromatic heterocycles. The van der Waals surface area contributed by atoms with Gasteiger partial charge in [0.1, 0.15) is 11.5 Å². The lowest BCUT2D eigenvalue weighted by molar-refractivity contribution is -0.118. The second kappa shape index (κ2) is 10.7. The van der Waals surface area contributed by atoms with Gasteiger partial charge in [-0.2, -0.15) is 4.31 Å². The third-order valence-electron chi connectivity index (χ3n) is 5.32. The van der Waals surface area contributed by atoms with Crippen LogP contribution in [0.4, 0.5) is 5.69 Å². The number of sulfonamides is 1. The molecule has 0 atom stereocenters. The van der Waals surface area contributed by atoms with Crippen molar-refractivity contribution in [3.63, 3.8) is 0 Å². The number of carbonyl (C=O) groups is 1. The van der Waals surface area contributed by atoms with Crippen LogP contribution in [0.5, 0.6) is 11.5 Å². The number of ether oxygens (including phenoxy) is 3. The summed E-state index contributed by atoms with van der Waals surface area (Å²) in [5.74, 6) is 0.631. The highest BCUT2D eigenvalue weighted by molar-refractivity contribution is 7.89. The predicted octanol–water partition coefficient (Wildman–Crippen LogP) is 3.82. The van der Waals surface area contributed by atoms with Crippen molar-refractivity contribution in [2.75, 3.05) is 45.3 Å². The van der Waals surface area contributed by atoms with Gasteiger partial charge >= 0.3 is 0 Å². The fraction of sp³-hybridized carbons (Fsp3) is 0.435. The van der Waals surface area contributed by atoms with Crippen molar-refractivity contribution in [3.05, 3.63) is 46.5 Å². The van der Waals surface area contributed by atoms with Gasteiger partial charge in [-0.15, -0.1) is 0 Å². The number of benzene rings is 2. The zero-order valence-corrected chi connectivity index (χ0v) is 20.8. The van der Waals surface area contributed by atoms with Gasteiger partial charge in [0.05, 0.1) is 30.9 Å². The highest BCUT2D eigenvalue weighted by Gasteiger charge is 2.27. The van der Waals surface area contributed by atoms with Gasteiger partial charge in [0, 0.05) is 18.1 Å². The zero-order chi connectivity index (χ0) is 24.2. The van der Waals surface area contributed by atoms with Crippen LogP contribution in [0, 0.1) is 6.92 Å². The summed E-state index contributed by atoms with van der Waals surface area (Å²) in [5.41, 5.74) is 1.99. The molecule has 2 aromatic rings. The lowest BCUT2D eigenvalue weighted by Gasteiger charge is -2.26. The Hall–Kier alpha value is -2.33. The summed E-state index contributed by atoms with van der Waals surface area (Å²) >= 11 is 6.23. The van der Waals surface area contributed by atoms with E-state index in [1.165, 1.54) is 29.6 Å². The number of hydrogen-bond donors (Lipinski definition) is 1. The molecule has 0 saturated carbocycles. The Kier molecular flexibility index (Phi) is 8.23. The largest absolute Gasteiger partial charge is 0.495 e. The molecular formula is C23H29ClN2O6S. The third-order valence-corrected chi connectivity index (χ3v) is 7.63. The number of amides is 1. The molecule has 33 heavy (non-hydrogen) atoms. The van der Waals surface area contributed by atoms with Crippen LogP contribution in [0.2, 0.25) is 5.02 Å². The molecule has 1 fully saturated rings. The maximum absolute atomic E-state index is 13.0. The molecule has 1 heterocycles. The third kappa shape index (κ3) is 5.97. The number of anilines is 1. The van der Waals surface area contributed by atoms with Crippen molar-refractivity contribution in [1.29, 1.82) is 0 Å². The fourth-order valence-corrected chi connectivity index (χ4v) is 5.06. The molecule has 180 valence electrons. The van der Waals surface area contributed by atoms with Crippen molar-refractivity contribution < 1.29 is 27.4 Å². The van der Waals surface area contributed by atoms with Crippen molar-refractivity contribution in [3.8, 4) is 11.5 Å². The monoisotopic (exact) mass is 496 g/mol. The molecule has 8 nitrogen and oxygen atoms in total. The Bertz CT molecular complexity index is 1110. The molecule has 10 heteroatoms. The van der Waals surface area contributed by atoms with E-state index in [9.17, 15) is 13.2 Å². The first-order valence-corrected chi connectivity index (χ1v) is 12.4. The molecule has 1 amide bonds.